The Morgan fingerprint density at radius 3 is 2.73 bits per heavy atom. The van der Waals surface area contributed by atoms with Crippen LogP contribution in [-0.4, -0.2) is 18.0 Å². The Kier molecular flexibility index (Phi) is 4.96. The van der Waals surface area contributed by atoms with Crippen LogP contribution in [0.4, 0.5) is 0 Å². The molecule has 1 aromatic rings. The van der Waals surface area contributed by atoms with Gasteiger partial charge in [-0.2, -0.15) is 0 Å². The van der Waals surface area contributed by atoms with Gasteiger partial charge < -0.3 is 10.2 Å². The Labute approximate surface area is 91.2 Å². The van der Waals surface area contributed by atoms with E-state index in [0.717, 1.165) is 31.0 Å². The lowest BCUT2D eigenvalue weighted by molar-refractivity contribution is 0.269. The van der Waals surface area contributed by atoms with Crippen LogP contribution < -0.4 is 5.73 Å². The lowest BCUT2D eigenvalue weighted by Gasteiger charge is -2.16. The van der Waals surface area contributed by atoms with Crippen LogP contribution in [0.3, 0.4) is 0 Å². The SMILES string of the molecule is C#CCN(CCC)Cc1ccc(CN)o1. The van der Waals surface area contributed by atoms with E-state index >= 15 is 0 Å². The van der Waals surface area contributed by atoms with Gasteiger partial charge >= 0.3 is 0 Å². The molecule has 2 N–H and O–H groups in total. The fourth-order valence-electron chi connectivity index (χ4n) is 1.50. The van der Waals surface area contributed by atoms with Gasteiger partial charge in [0.15, 0.2) is 0 Å². The second kappa shape index (κ2) is 6.28. The lowest BCUT2D eigenvalue weighted by atomic mass is 10.3. The first-order chi connectivity index (χ1) is 7.30. The Hall–Kier alpha value is -1.24. The van der Waals surface area contributed by atoms with Crippen molar-refractivity contribution < 1.29 is 4.42 Å². The minimum atomic E-state index is 0.447. The summed E-state index contributed by atoms with van der Waals surface area (Å²) < 4.78 is 5.52. The zero-order chi connectivity index (χ0) is 11.1. The second-order valence-electron chi connectivity index (χ2n) is 3.49. The highest BCUT2D eigenvalue weighted by atomic mass is 16.3. The summed E-state index contributed by atoms with van der Waals surface area (Å²) in [6.45, 7) is 4.99. The molecule has 3 nitrogen and oxygen atoms in total. The molecule has 1 heterocycles. The maximum atomic E-state index is 5.52. The molecule has 0 aliphatic heterocycles. The van der Waals surface area contributed by atoms with Gasteiger partial charge in [0.1, 0.15) is 11.5 Å². The van der Waals surface area contributed by atoms with Crippen molar-refractivity contribution in [2.24, 2.45) is 5.73 Å². The summed E-state index contributed by atoms with van der Waals surface area (Å²) in [7, 11) is 0. The van der Waals surface area contributed by atoms with E-state index in [2.05, 4.69) is 17.7 Å². The van der Waals surface area contributed by atoms with E-state index in [1.807, 2.05) is 12.1 Å². The number of rotatable bonds is 6. The van der Waals surface area contributed by atoms with Gasteiger partial charge in [-0.15, -0.1) is 6.42 Å². The molecule has 3 heteroatoms. The topological polar surface area (TPSA) is 42.4 Å². The zero-order valence-electron chi connectivity index (χ0n) is 9.20. The Balaban J connectivity index is 2.53. The molecule has 0 aromatic carbocycles. The molecular formula is C12H18N2O. The first-order valence-electron chi connectivity index (χ1n) is 5.23. The van der Waals surface area contributed by atoms with Crippen molar-refractivity contribution in [3.8, 4) is 12.3 Å². The van der Waals surface area contributed by atoms with Crippen LogP contribution in [-0.2, 0) is 13.1 Å². The molecule has 0 radical (unpaired) electrons. The second-order valence-corrected chi connectivity index (χ2v) is 3.49. The number of hydrogen-bond donors (Lipinski definition) is 1. The van der Waals surface area contributed by atoms with Crippen molar-refractivity contribution in [1.82, 2.24) is 4.90 Å². The Morgan fingerprint density at radius 1 is 1.47 bits per heavy atom. The molecule has 1 rings (SSSR count). The van der Waals surface area contributed by atoms with Crippen LogP contribution in [0.5, 0.6) is 0 Å². The third-order valence-corrected chi connectivity index (χ3v) is 2.15. The largest absolute Gasteiger partial charge is 0.463 e. The van der Waals surface area contributed by atoms with Gasteiger partial charge in [-0.3, -0.25) is 4.90 Å². The van der Waals surface area contributed by atoms with E-state index in [9.17, 15) is 0 Å². The van der Waals surface area contributed by atoms with Crippen LogP contribution >= 0.6 is 0 Å². The molecule has 0 atom stereocenters. The molecule has 0 saturated carbocycles. The lowest BCUT2D eigenvalue weighted by Crippen LogP contribution is -2.24. The molecule has 0 bridgehead atoms. The molecule has 0 aliphatic rings. The minimum absolute atomic E-state index is 0.447. The van der Waals surface area contributed by atoms with Crippen LogP contribution in [0.25, 0.3) is 0 Å². The molecule has 82 valence electrons. The number of nitrogens with zero attached hydrogens (tertiary/aromatic N) is 1. The summed E-state index contributed by atoms with van der Waals surface area (Å²) in [5.74, 6) is 4.40. The van der Waals surface area contributed by atoms with Crippen LogP contribution in [0.15, 0.2) is 16.5 Å². The van der Waals surface area contributed by atoms with Gasteiger partial charge in [0.25, 0.3) is 0 Å². The van der Waals surface area contributed by atoms with E-state index in [1.165, 1.54) is 0 Å². The molecule has 0 fully saturated rings. The number of furan rings is 1. The van der Waals surface area contributed by atoms with E-state index < -0.39 is 0 Å². The molecule has 0 spiro atoms. The van der Waals surface area contributed by atoms with E-state index in [1.54, 1.807) is 0 Å². The van der Waals surface area contributed by atoms with Crippen molar-refractivity contribution in [2.45, 2.75) is 26.4 Å². The highest BCUT2D eigenvalue weighted by Gasteiger charge is 2.06. The van der Waals surface area contributed by atoms with Gasteiger partial charge in [-0.25, -0.2) is 0 Å². The highest BCUT2D eigenvalue weighted by molar-refractivity contribution is 5.07. The summed E-state index contributed by atoms with van der Waals surface area (Å²) >= 11 is 0. The third kappa shape index (κ3) is 3.78. The summed E-state index contributed by atoms with van der Waals surface area (Å²) in [6, 6.07) is 3.87. The predicted octanol–water partition coefficient (Wildman–Crippen LogP) is 1.58. The summed E-state index contributed by atoms with van der Waals surface area (Å²) in [5, 5.41) is 0. The fourth-order valence-corrected chi connectivity index (χ4v) is 1.50. The molecule has 1 aromatic heterocycles. The maximum Gasteiger partial charge on any atom is 0.118 e. The van der Waals surface area contributed by atoms with Crippen molar-refractivity contribution in [3.05, 3.63) is 23.7 Å². The quantitative estimate of drug-likeness (QED) is 0.719. The van der Waals surface area contributed by atoms with E-state index in [4.69, 9.17) is 16.6 Å². The zero-order valence-corrected chi connectivity index (χ0v) is 9.20. The third-order valence-electron chi connectivity index (χ3n) is 2.15. The van der Waals surface area contributed by atoms with Crippen molar-refractivity contribution in [3.63, 3.8) is 0 Å². The Bertz CT molecular complexity index is 325. The van der Waals surface area contributed by atoms with Gasteiger partial charge in [-0.05, 0) is 25.1 Å². The van der Waals surface area contributed by atoms with Gasteiger partial charge in [0.05, 0.1) is 19.6 Å². The van der Waals surface area contributed by atoms with Crippen LogP contribution in [0, 0.1) is 12.3 Å². The molecule has 15 heavy (non-hydrogen) atoms. The number of nitrogens with two attached hydrogens (primary N) is 1. The normalized spacial score (nSPS) is 10.5. The number of hydrogen-bond acceptors (Lipinski definition) is 3. The van der Waals surface area contributed by atoms with Crippen molar-refractivity contribution in [2.75, 3.05) is 13.1 Å². The average molecular weight is 206 g/mol. The van der Waals surface area contributed by atoms with Crippen molar-refractivity contribution in [1.29, 1.82) is 0 Å². The summed E-state index contributed by atoms with van der Waals surface area (Å²) in [4.78, 5) is 2.18. The smallest absolute Gasteiger partial charge is 0.118 e. The molecule has 0 aliphatic carbocycles. The van der Waals surface area contributed by atoms with Crippen LogP contribution in [0.1, 0.15) is 24.9 Å². The maximum absolute atomic E-state index is 5.52. The van der Waals surface area contributed by atoms with Gasteiger partial charge in [-0.1, -0.05) is 12.8 Å². The highest BCUT2D eigenvalue weighted by Crippen LogP contribution is 2.10. The first kappa shape index (κ1) is 11.8. The summed E-state index contributed by atoms with van der Waals surface area (Å²) in [6.07, 6.45) is 6.39. The monoisotopic (exact) mass is 206 g/mol. The first-order valence-corrected chi connectivity index (χ1v) is 5.23. The molecular weight excluding hydrogens is 188 g/mol. The summed E-state index contributed by atoms with van der Waals surface area (Å²) in [5.41, 5.74) is 5.47. The Morgan fingerprint density at radius 2 is 2.20 bits per heavy atom. The minimum Gasteiger partial charge on any atom is -0.463 e. The van der Waals surface area contributed by atoms with Gasteiger partial charge in [0, 0.05) is 0 Å². The molecule has 0 unspecified atom stereocenters. The van der Waals surface area contributed by atoms with Crippen molar-refractivity contribution >= 4 is 0 Å². The molecule has 0 amide bonds. The average Bonchev–Trinajstić information content (AvgIpc) is 2.66. The predicted molar refractivity (Wildman–Crippen MR) is 61.0 cm³/mol. The van der Waals surface area contributed by atoms with Crippen LogP contribution in [0.2, 0.25) is 0 Å². The van der Waals surface area contributed by atoms with Gasteiger partial charge in [0.2, 0.25) is 0 Å². The number of terminal acetylenes is 1. The fraction of sp³-hybridized carbons (Fsp3) is 0.500. The standard InChI is InChI=1S/C12H18N2O/c1-3-7-14(8-4-2)10-12-6-5-11(9-13)15-12/h1,5-6H,4,7-10,13H2,2H3. The molecule has 0 saturated heterocycles. The van der Waals surface area contributed by atoms with E-state index in [-0.39, 0.29) is 0 Å². The van der Waals surface area contributed by atoms with E-state index in [0.29, 0.717) is 13.1 Å².